The molecule has 0 bridgehead atoms. The average Bonchev–Trinajstić information content (AvgIpc) is 3.54. The average molecular weight is 442 g/mol. The zero-order valence-corrected chi connectivity index (χ0v) is 17.2. The molecule has 2 amide bonds. The van der Waals surface area contributed by atoms with Gasteiger partial charge < -0.3 is 0 Å². The fourth-order valence-corrected chi connectivity index (χ4v) is 3.45. The molecule has 4 rings (SSSR count). The first-order valence-electron chi connectivity index (χ1n) is 10.2. The molecule has 0 atom stereocenters. The molecule has 1 aliphatic carbocycles. The topological polar surface area (TPSA) is 76.0 Å². The summed E-state index contributed by atoms with van der Waals surface area (Å²) in [6.45, 7) is 2.01. The second kappa shape index (κ2) is 8.49. The van der Waals surface area contributed by atoms with Crippen LogP contribution in [-0.2, 0) is 12.6 Å². The van der Waals surface area contributed by atoms with E-state index >= 15 is 0 Å². The fourth-order valence-electron chi connectivity index (χ4n) is 3.45. The highest BCUT2D eigenvalue weighted by atomic mass is 19.4. The SMILES string of the molecule is CCc1ccc(C(=O)NNC(=O)c2cnn(-c3cccc(C(F)(F)F)c3)c2C2CC2)cc1. The Balaban J connectivity index is 1.54. The largest absolute Gasteiger partial charge is 0.416 e. The van der Waals surface area contributed by atoms with E-state index < -0.39 is 23.6 Å². The van der Waals surface area contributed by atoms with Crippen LogP contribution in [0.5, 0.6) is 0 Å². The van der Waals surface area contributed by atoms with Gasteiger partial charge in [-0.1, -0.05) is 25.1 Å². The van der Waals surface area contributed by atoms with E-state index in [1.54, 1.807) is 12.1 Å². The van der Waals surface area contributed by atoms with Gasteiger partial charge in [-0.2, -0.15) is 18.3 Å². The number of benzene rings is 2. The number of alkyl halides is 3. The minimum Gasteiger partial charge on any atom is -0.267 e. The smallest absolute Gasteiger partial charge is 0.267 e. The van der Waals surface area contributed by atoms with Gasteiger partial charge in [-0.3, -0.25) is 20.4 Å². The number of amides is 2. The Morgan fingerprint density at radius 3 is 2.38 bits per heavy atom. The second-order valence-corrected chi connectivity index (χ2v) is 7.64. The van der Waals surface area contributed by atoms with E-state index in [4.69, 9.17) is 0 Å². The molecule has 1 saturated carbocycles. The van der Waals surface area contributed by atoms with Crippen LogP contribution in [0.25, 0.3) is 5.69 Å². The summed E-state index contributed by atoms with van der Waals surface area (Å²) in [6.07, 6.45) is -0.714. The summed E-state index contributed by atoms with van der Waals surface area (Å²) in [6, 6.07) is 11.8. The molecular formula is C23H21F3N4O2. The van der Waals surface area contributed by atoms with Gasteiger partial charge in [0.05, 0.1) is 28.7 Å². The molecule has 6 nitrogen and oxygen atoms in total. The number of halogens is 3. The first kappa shape index (κ1) is 21.6. The molecule has 1 aromatic heterocycles. The molecule has 2 aromatic carbocycles. The maximum atomic E-state index is 13.1. The number of aromatic nitrogens is 2. The Morgan fingerprint density at radius 1 is 1.06 bits per heavy atom. The number of hydrogen-bond donors (Lipinski definition) is 2. The first-order valence-corrected chi connectivity index (χ1v) is 10.2. The second-order valence-electron chi connectivity index (χ2n) is 7.64. The predicted octanol–water partition coefficient (Wildman–Crippen LogP) is 4.41. The molecule has 1 heterocycles. The monoisotopic (exact) mass is 442 g/mol. The number of nitrogens with zero attached hydrogens (tertiary/aromatic N) is 2. The van der Waals surface area contributed by atoms with Gasteiger partial charge in [0.2, 0.25) is 0 Å². The molecule has 0 spiro atoms. The van der Waals surface area contributed by atoms with Crippen molar-refractivity contribution in [2.45, 2.75) is 38.3 Å². The highest BCUT2D eigenvalue weighted by Crippen LogP contribution is 2.42. The van der Waals surface area contributed by atoms with Crippen molar-refractivity contribution >= 4 is 11.8 Å². The van der Waals surface area contributed by atoms with Gasteiger partial charge in [0.25, 0.3) is 11.8 Å². The Kier molecular flexibility index (Phi) is 5.73. The van der Waals surface area contributed by atoms with E-state index in [9.17, 15) is 22.8 Å². The van der Waals surface area contributed by atoms with E-state index in [0.29, 0.717) is 11.3 Å². The molecule has 32 heavy (non-hydrogen) atoms. The highest BCUT2D eigenvalue weighted by molar-refractivity contribution is 5.99. The third-order valence-corrected chi connectivity index (χ3v) is 5.35. The summed E-state index contributed by atoms with van der Waals surface area (Å²) < 4.78 is 40.7. The molecule has 166 valence electrons. The number of nitrogens with one attached hydrogen (secondary N) is 2. The highest BCUT2D eigenvalue weighted by Gasteiger charge is 2.34. The summed E-state index contributed by atoms with van der Waals surface area (Å²) in [5.74, 6) is -1.03. The van der Waals surface area contributed by atoms with Crippen molar-refractivity contribution in [3.63, 3.8) is 0 Å². The van der Waals surface area contributed by atoms with Gasteiger partial charge in [0.15, 0.2) is 0 Å². The van der Waals surface area contributed by atoms with Gasteiger partial charge in [0.1, 0.15) is 0 Å². The predicted molar refractivity (Wildman–Crippen MR) is 111 cm³/mol. The van der Waals surface area contributed by atoms with Crippen LogP contribution in [0.4, 0.5) is 13.2 Å². The molecule has 1 aliphatic rings. The molecule has 0 unspecified atom stereocenters. The van der Waals surface area contributed by atoms with Gasteiger partial charge in [-0.25, -0.2) is 4.68 Å². The minimum atomic E-state index is -4.48. The van der Waals surface area contributed by atoms with E-state index in [-0.39, 0.29) is 17.2 Å². The van der Waals surface area contributed by atoms with E-state index in [2.05, 4.69) is 16.0 Å². The molecule has 1 fully saturated rings. The van der Waals surface area contributed by atoms with Crippen LogP contribution < -0.4 is 10.9 Å². The van der Waals surface area contributed by atoms with Crippen LogP contribution in [0.1, 0.15) is 63.2 Å². The Hall–Kier alpha value is -3.62. The van der Waals surface area contributed by atoms with Gasteiger partial charge in [0, 0.05) is 11.5 Å². The van der Waals surface area contributed by atoms with Crippen molar-refractivity contribution in [2.24, 2.45) is 0 Å². The Labute approximate surface area is 182 Å². The molecule has 2 N–H and O–H groups in total. The lowest BCUT2D eigenvalue weighted by atomic mass is 10.1. The van der Waals surface area contributed by atoms with Crippen molar-refractivity contribution in [3.8, 4) is 5.69 Å². The van der Waals surface area contributed by atoms with E-state index in [1.165, 1.54) is 23.0 Å². The summed E-state index contributed by atoms with van der Waals surface area (Å²) in [7, 11) is 0. The van der Waals surface area contributed by atoms with Crippen molar-refractivity contribution < 1.29 is 22.8 Å². The lowest BCUT2D eigenvalue weighted by Gasteiger charge is -2.12. The summed E-state index contributed by atoms with van der Waals surface area (Å²) in [4.78, 5) is 25.1. The number of carbonyl (C=O) groups excluding carboxylic acids is 2. The molecular weight excluding hydrogens is 421 g/mol. The van der Waals surface area contributed by atoms with Gasteiger partial charge in [-0.15, -0.1) is 0 Å². The minimum absolute atomic E-state index is 0.0186. The van der Waals surface area contributed by atoms with Gasteiger partial charge in [-0.05, 0) is 55.2 Å². The molecule has 0 aliphatic heterocycles. The number of rotatable bonds is 5. The van der Waals surface area contributed by atoms with Gasteiger partial charge >= 0.3 is 6.18 Å². The van der Waals surface area contributed by atoms with Crippen LogP contribution in [0, 0.1) is 0 Å². The zero-order chi connectivity index (χ0) is 22.9. The lowest BCUT2D eigenvalue weighted by Crippen LogP contribution is -2.41. The normalized spacial score (nSPS) is 13.6. The number of aryl methyl sites for hydroxylation is 1. The standard InChI is InChI=1S/C23H21F3N4O2/c1-2-14-6-8-16(9-7-14)21(31)28-29-22(32)19-13-27-30(20(19)15-10-11-15)18-5-3-4-17(12-18)23(24,25)26/h3-9,12-13,15H,2,10-11H2,1H3,(H,28,31)(H,29,32). The van der Waals surface area contributed by atoms with Crippen molar-refractivity contribution in [3.05, 3.63) is 82.7 Å². The Morgan fingerprint density at radius 2 is 1.75 bits per heavy atom. The fraction of sp³-hybridized carbons (Fsp3) is 0.261. The number of hydrazine groups is 1. The van der Waals surface area contributed by atoms with Crippen molar-refractivity contribution in [2.75, 3.05) is 0 Å². The molecule has 0 radical (unpaired) electrons. The van der Waals surface area contributed by atoms with Crippen LogP contribution in [-0.4, -0.2) is 21.6 Å². The Bertz CT molecular complexity index is 1150. The molecule has 9 heteroatoms. The first-order chi connectivity index (χ1) is 15.3. The van der Waals surface area contributed by atoms with Crippen LogP contribution in [0.2, 0.25) is 0 Å². The van der Waals surface area contributed by atoms with E-state index in [1.807, 2.05) is 19.1 Å². The molecule has 0 saturated heterocycles. The number of hydrogen-bond acceptors (Lipinski definition) is 3. The molecule has 3 aromatic rings. The lowest BCUT2D eigenvalue weighted by molar-refractivity contribution is -0.137. The number of carbonyl (C=O) groups is 2. The van der Waals surface area contributed by atoms with Crippen LogP contribution >= 0.6 is 0 Å². The maximum Gasteiger partial charge on any atom is 0.416 e. The van der Waals surface area contributed by atoms with Crippen molar-refractivity contribution in [1.82, 2.24) is 20.6 Å². The quantitative estimate of drug-likeness (QED) is 0.575. The van der Waals surface area contributed by atoms with Crippen molar-refractivity contribution in [1.29, 1.82) is 0 Å². The third kappa shape index (κ3) is 4.51. The third-order valence-electron chi connectivity index (χ3n) is 5.35. The van der Waals surface area contributed by atoms with E-state index in [0.717, 1.165) is 37.0 Å². The van der Waals surface area contributed by atoms with Crippen LogP contribution in [0.3, 0.4) is 0 Å². The summed E-state index contributed by atoms with van der Waals surface area (Å²) in [5.41, 5.74) is 6.41. The summed E-state index contributed by atoms with van der Waals surface area (Å²) >= 11 is 0. The maximum absolute atomic E-state index is 13.1. The summed E-state index contributed by atoms with van der Waals surface area (Å²) in [5, 5.41) is 4.17. The van der Waals surface area contributed by atoms with Crippen LogP contribution in [0.15, 0.2) is 54.7 Å². The zero-order valence-electron chi connectivity index (χ0n) is 17.2.